The molecular formula is C22H25N5O2. The van der Waals surface area contributed by atoms with Crippen LogP contribution in [0.25, 0.3) is 0 Å². The average molecular weight is 391 g/mol. The number of benzene rings is 2. The highest BCUT2D eigenvalue weighted by Gasteiger charge is 2.19. The topological polar surface area (TPSA) is 81.1 Å². The van der Waals surface area contributed by atoms with Crippen LogP contribution < -0.4 is 15.4 Å². The predicted octanol–water partition coefficient (Wildman–Crippen LogP) is 3.29. The summed E-state index contributed by atoms with van der Waals surface area (Å²) in [7, 11) is 1.66. The Bertz CT molecular complexity index is 967. The Morgan fingerprint density at radius 1 is 1.24 bits per heavy atom. The van der Waals surface area contributed by atoms with E-state index in [0.29, 0.717) is 19.5 Å². The molecule has 1 unspecified atom stereocenters. The molecule has 0 aliphatic carbocycles. The lowest BCUT2D eigenvalue weighted by Gasteiger charge is -2.24. The van der Waals surface area contributed by atoms with E-state index in [0.717, 1.165) is 41.1 Å². The fraction of sp³-hybridized carbons (Fsp3) is 0.318. The Balaban J connectivity index is 1.34. The molecule has 0 saturated carbocycles. The van der Waals surface area contributed by atoms with Crippen LogP contribution in [0.5, 0.6) is 5.75 Å². The molecule has 0 bridgehead atoms. The molecule has 2 heterocycles. The largest absolute Gasteiger partial charge is 0.497 e. The number of hydrogen-bond donors (Lipinski definition) is 2. The van der Waals surface area contributed by atoms with E-state index in [1.165, 1.54) is 0 Å². The third-order valence-electron chi connectivity index (χ3n) is 5.08. The molecule has 1 aromatic heterocycles. The monoisotopic (exact) mass is 391 g/mol. The van der Waals surface area contributed by atoms with Gasteiger partial charge in [0.05, 0.1) is 32.4 Å². The molecule has 150 valence electrons. The molecule has 1 aliphatic rings. The van der Waals surface area contributed by atoms with Gasteiger partial charge in [0.15, 0.2) is 0 Å². The van der Waals surface area contributed by atoms with Crippen molar-refractivity contribution in [3.8, 4) is 5.75 Å². The average Bonchev–Trinajstić information content (AvgIpc) is 3.20. The van der Waals surface area contributed by atoms with Crippen molar-refractivity contribution in [1.29, 1.82) is 0 Å². The maximum absolute atomic E-state index is 11.7. The van der Waals surface area contributed by atoms with Crippen molar-refractivity contribution in [2.45, 2.75) is 38.4 Å². The van der Waals surface area contributed by atoms with Crippen molar-refractivity contribution in [2.24, 2.45) is 0 Å². The second kappa shape index (κ2) is 8.77. The van der Waals surface area contributed by atoms with Gasteiger partial charge in [-0.2, -0.15) is 0 Å². The number of hydrogen-bond acceptors (Lipinski definition) is 5. The number of aromatic nitrogens is 3. The quantitative estimate of drug-likeness (QED) is 0.646. The smallest absolute Gasteiger partial charge is 0.220 e. The Morgan fingerprint density at radius 2 is 2.10 bits per heavy atom. The number of piperidine rings is 1. The number of nitrogens with zero attached hydrogens (tertiary/aromatic N) is 3. The van der Waals surface area contributed by atoms with Gasteiger partial charge in [0.1, 0.15) is 11.4 Å². The predicted molar refractivity (Wildman–Crippen MR) is 111 cm³/mol. The first-order chi connectivity index (χ1) is 14.2. The molecule has 7 nitrogen and oxygen atoms in total. The van der Waals surface area contributed by atoms with E-state index in [9.17, 15) is 4.79 Å². The zero-order valence-corrected chi connectivity index (χ0v) is 16.5. The Hall–Kier alpha value is -3.35. The molecular weight excluding hydrogens is 366 g/mol. The first-order valence-corrected chi connectivity index (χ1v) is 9.85. The molecule has 1 atom stereocenters. The summed E-state index contributed by atoms with van der Waals surface area (Å²) in [5, 5.41) is 14.9. The van der Waals surface area contributed by atoms with Crippen LogP contribution in [0.2, 0.25) is 0 Å². The molecule has 4 rings (SSSR count). The number of methoxy groups -OCH3 is 1. The van der Waals surface area contributed by atoms with E-state index in [-0.39, 0.29) is 11.9 Å². The third-order valence-corrected chi connectivity index (χ3v) is 5.08. The van der Waals surface area contributed by atoms with Crippen molar-refractivity contribution in [1.82, 2.24) is 20.3 Å². The number of carbonyl (C=O) groups is 1. The molecule has 3 aromatic rings. The SMILES string of the molecule is COc1ccc(Cn2cc(CNc3cccc(C4CCCC(=O)N4)c3)nn2)cc1. The third kappa shape index (κ3) is 4.93. The molecule has 2 aromatic carbocycles. The number of nitrogens with one attached hydrogen (secondary N) is 2. The first kappa shape index (κ1) is 19.0. The number of amides is 1. The standard InChI is InChI=1S/C22H25N5O2/c1-29-20-10-8-16(9-11-20)14-27-15-19(25-26-27)13-23-18-5-2-4-17(12-18)21-6-3-7-22(28)24-21/h2,4-5,8-12,15,21,23H,3,6-7,13-14H2,1H3,(H,24,28). The van der Waals surface area contributed by atoms with Crippen molar-refractivity contribution in [2.75, 3.05) is 12.4 Å². The Labute approximate surface area is 170 Å². The molecule has 7 heteroatoms. The Kier molecular flexibility index (Phi) is 5.74. The zero-order valence-electron chi connectivity index (χ0n) is 16.5. The van der Waals surface area contributed by atoms with E-state index in [1.54, 1.807) is 7.11 Å². The second-order valence-electron chi connectivity index (χ2n) is 7.25. The van der Waals surface area contributed by atoms with Gasteiger partial charge < -0.3 is 15.4 Å². The van der Waals surface area contributed by atoms with Gasteiger partial charge in [-0.1, -0.05) is 29.5 Å². The second-order valence-corrected chi connectivity index (χ2v) is 7.25. The van der Waals surface area contributed by atoms with Gasteiger partial charge in [-0.25, -0.2) is 4.68 Å². The van der Waals surface area contributed by atoms with E-state index < -0.39 is 0 Å². The summed E-state index contributed by atoms with van der Waals surface area (Å²) in [5.74, 6) is 0.973. The summed E-state index contributed by atoms with van der Waals surface area (Å²) in [6, 6.07) is 16.2. The van der Waals surface area contributed by atoms with Crippen LogP contribution in [0.15, 0.2) is 54.7 Å². The van der Waals surface area contributed by atoms with Gasteiger partial charge in [-0.3, -0.25) is 4.79 Å². The highest BCUT2D eigenvalue weighted by molar-refractivity contribution is 5.77. The lowest BCUT2D eigenvalue weighted by molar-refractivity contribution is -0.123. The van der Waals surface area contributed by atoms with E-state index in [1.807, 2.05) is 47.3 Å². The van der Waals surface area contributed by atoms with E-state index in [2.05, 4.69) is 33.1 Å². The molecule has 29 heavy (non-hydrogen) atoms. The number of ether oxygens (including phenoxy) is 1. The molecule has 0 radical (unpaired) electrons. The molecule has 1 aliphatic heterocycles. The van der Waals surface area contributed by atoms with Crippen molar-refractivity contribution in [3.05, 3.63) is 71.5 Å². The maximum atomic E-state index is 11.7. The number of rotatable bonds is 7. The van der Waals surface area contributed by atoms with Gasteiger partial charge in [-0.15, -0.1) is 5.10 Å². The molecule has 1 saturated heterocycles. The minimum atomic E-state index is 0.100. The van der Waals surface area contributed by atoms with E-state index >= 15 is 0 Å². The van der Waals surface area contributed by atoms with Crippen molar-refractivity contribution < 1.29 is 9.53 Å². The summed E-state index contributed by atoms with van der Waals surface area (Å²) in [4.78, 5) is 11.7. The molecule has 2 N–H and O–H groups in total. The van der Waals surface area contributed by atoms with Crippen molar-refractivity contribution in [3.63, 3.8) is 0 Å². The first-order valence-electron chi connectivity index (χ1n) is 9.85. The van der Waals surface area contributed by atoms with Gasteiger partial charge in [0, 0.05) is 12.1 Å². The Morgan fingerprint density at radius 3 is 2.90 bits per heavy atom. The van der Waals surface area contributed by atoms with Crippen molar-refractivity contribution >= 4 is 11.6 Å². The summed E-state index contributed by atoms with van der Waals surface area (Å²) in [6.07, 6.45) is 4.49. The number of carbonyl (C=O) groups excluding carboxylic acids is 1. The summed E-state index contributed by atoms with van der Waals surface area (Å²) >= 11 is 0. The normalized spacial score (nSPS) is 16.3. The van der Waals surface area contributed by atoms with E-state index in [4.69, 9.17) is 4.74 Å². The highest BCUT2D eigenvalue weighted by Crippen LogP contribution is 2.25. The van der Waals surface area contributed by atoms with Crippen LogP contribution in [0, 0.1) is 0 Å². The fourth-order valence-corrected chi connectivity index (χ4v) is 3.53. The van der Waals surface area contributed by atoms with Crippen LogP contribution in [-0.2, 0) is 17.9 Å². The van der Waals surface area contributed by atoms with Crippen LogP contribution >= 0.6 is 0 Å². The summed E-state index contributed by atoms with van der Waals surface area (Å²) in [6.45, 7) is 1.25. The lowest BCUT2D eigenvalue weighted by atomic mass is 9.97. The fourth-order valence-electron chi connectivity index (χ4n) is 3.53. The van der Waals surface area contributed by atoms with Crippen LogP contribution in [0.4, 0.5) is 5.69 Å². The molecule has 0 spiro atoms. The summed E-state index contributed by atoms with van der Waals surface area (Å²) in [5.41, 5.74) is 4.14. The van der Waals surface area contributed by atoms with Crippen LogP contribution in [-0.4, -0.2) is 28.0 Å². The van der Waals surface area contributed by atoms with Gasteiger partial charge in [0.2, 0.25) is 5.91 Å². The molecule has 1 fully saturated rings. The summed E-state index contributed by atoms with van der Waals surface area (Å²) < 4.78 is 7.01. The van der Waals surface area contributed by atoms with Gasteiger partial charge >= 0.3 is 0 Å². The van der Waals surface area contributed by atoms with Gasteiger partial charge in [-0.05, 0) is 48.2 Å². The number of anilines is 1. The lowest BCUT2D eigenvalue weighted by Crippen LogP contribution is -2.32. The molecule has 1 amide bonds. The zero-order chi connectivity index (χ0) is 20.1. The van der Waals surface area contributed by atoms with Crippen LogP contribution in [0.1, 0.15) is 42.1 Å². The minimum Gasteiger partial charge on any atom is -0.497 e. The minimum absolute atomic E-state index is 0.100. The van der Waals surface area contributed by atoms with Crippen LogP contribution in [0.3, 0.4) is 0 Å². The highest BCUT2D eigenvalue weighted by atomic mass is 16.5. The maximum Gasteiger partial charge on any atom is 0.220 e. The van der Waals surface area contributed by atoms with Gasteiger partial charge in [0.25, 0.3) is 0 Å².